The lowest BCUT2D eigenvalue weighted by atomic mass is 10.0. The number of nitrogens with one attached hydrogen (secondary N) is 2. The van der Waals surface area contributed by atoms with Gasteiger partial charge in [-0.15, -0.1) is 0 Å². The summed E-state index contributed by atoms with van der Waals surface area (Å²) in [6.07, 6.45) is 1.60. The average Bonchev–Trinajstić information content (AvgIpc) is 3.18. The first-order valence-electron chi connectivity index (χ1n) is 8.23. The van der Waals surface area contributed by atoms with Crippen molar-refractivity contribution < 1.29 is 4.79 Å². The van der Waals surface area contributed by atoms with Crippen LogP contribution in [0.1, 0.15) is 16.1 Å². The topological polar surface area (TPSA) is 70.1 Å². The largest absolute Gasteiger partial charge is 0.289 e. The van der Waals surface area contributed by atoms with Gasteiger partial charge in [-0.3, -0.25) is 9.89 Å². The predicted octanol–water partition coefficient (Wildman–Crippen LogP) is 3.99. The van der Waals surface area contributed by atoms with Crippen molar-refractivity contribution in [2.75, 3.05) is 0 Å². The molecule has 2 N–H and O–H groups in total. The molecule has 1 aromatic heterocycles. The molecule has 4 aromatic rings. The monoisotopic (exact) mass is 340 g/mol. The molecule has 0 aliphatic heterocycles. The number of hydrogen-bond acceptors (Lipinski definition) is 3. The van der Waals surface area contributed by atoms with E-state index >= 15 is 0 Å². The van der Waals surface area contributed by atoms with Crippen LogP contribution in [0.3, 0.4) is 0 Å². The first-order chi connectivity index (χ1) is 12.8. The van der Waals surface area contributed by atoms with Gasteiger partial charge in [0.1, 0.15) is 5.69 Å². The molecule has 0 bridgehead atoms. The van der Waals surface area contributed by atoms with Gasteiger partial charge in [-0.25, -0.2) is 5.43 Å². The zero-order chi connectivity index (χ0) is 17.8. The van der Waals surface area contributed by atoms with Gasteiger partial charge in [-0.05, 0) is 22.4 Å². The maximum absolute atomic E-state index is 12.2. The van der Waals surface area contributed by atoms with E-state index in [2.05, 4.69) is 32.9 Å². The zero-order valence-electron chi connectivity index (χ0n) is 13.9. The first kappa shape index (κ1) is 15.8. The standard InChI is InChI=1S/C21H16N4O/c26-21(25-22-14-15-7-2-1-3-8-15)20-13-19(23-24-20)18-12-6-10-16-9-4-5-11-17(16)18/h1-14H,(H,23,24)(H,25,26)/b22-14+. The Hall–Kier alpha value is -3.73. The Morgan fingerprint density at radius 3 is 2.62 bits per heavy atom. The molecule has 4 rings (SSSR count). The fourth-order valence-electron chi connectivity index (χ4n) is 2.79. The Morgan fingerprint density at radius 1 is 0.962 bits per heavy atom. The van der Waals surface area contributed by atoms with Crippen LogP contribution in [0.2, 0.25) is 0 Å². The summed E-state index contributed by atoms with van der Waals surface area (Å²) < 4.78 is 0. The van der Waals surface area contributed by atoms with Crippen molar-refractivity contribution in [1.82, 2.24) is 15.6 Å². The Morgan fingerprint density at radius 2 is 1.73 bits per heavy atom. The van der Waals surface area contributed by atoms with E-state index in [1.54, 1.807) is 12.3 Å². The maximum Gasteiger partial charge on any atom is 0.289 e. The molecule has 3 aromatic carbocycles. The number of carbonyl (C=O) groups excluding carboxylic acids is 1. The molecular weight excluding hydrogens is 324 g/mol. The summed E-state index contributed by atoms with van der Waals surface area (Å²) in [6.45, 7) is 0. The van der Waals surface area contributed by atoms with E-state index in [1.807, 2.05) is 60.7 Å². The Balaban J connectivity index is 1.54. The molecule has 0 unspecified atom stereocenters. The van der Waals surface area contributed by atoms with E-state index in [1.165, 1.54) is 0 Å². The first-order valence-corrected chi connectivity index (χ1v) is 8.23. The van der Waals surface area contributed by atoms with Gasteiger partial charge < -0.3 is 0 Å². The van der Waals surface area contributed by atoms with E-state index in [9.17, 15) is 4.79 Å². The van der Waals surface area contributed by atoms with Crippen LogP contribution < -0.4 is 5.43 Å². The number of hydrogen-bond donors (Lipinski definition) is 2. The fourth-order valence-corrected chi connectivity index (χ4v) is 2.79. The molecule has 1 amide bonds. The maximum atomic E-state index is 12.2. The lowest BCUT2D eigenvalue weighted by Crippen LogP contribution is -2.17. The van der Waals surface area contributed by atoms with Crippen LogP contribution in [0.15, 0.2) is 84.0 Å². The second-order valence-corrected chi connectivity index (χ2v) is 5.80. The second kappa shape index (κ2) is 7.03. The lowest BCUT2D eigenvalue weighted by molar-refractivity contribution is 0.0950. The van der Waals surface area contributed by atoms with Crippen molar-refractivity contribution in [2.45, 2.75) is 0 Å². The molecule has 1 heterocycles. The predicted molar refractivity (Wildman–Crippen MR) is 103 cm³/mol. The molecule has 0 saturated carbocycles. The highest BCUT2D eigenvalue weighted by Crippen LogP contribution is 2.27. The van der Waals surface area contributed by atoms with Crippen molar-refractivity contribution in [3.05, 3.63) is 90.1 Å². The van der Waals surface area contributed by atoms with Crippen LogP contribution >= 0.6 is 0 Å². The quantitative estimate of drug-likeness (QED) is 0.435. The van der Waals surface area contributed by atoms with Crippen LogP contribution in [0.4, 0.5) is 0 Å². The van der Waals surface area contributed by atoms with Crippen LogP contribution in [0.25, 0.3) is 22.0 Å². The van der Waals surface area contributed by atoms with Gasteiger partial charge in [0.25, 0.3) is 5.91 Å². The number of rotatable bonds is 4. The van der Waals surface area contributed by atoms with E-state index in [4.69, 9.17) is 0 Å². The van der Waals surface area contributed by atoms with Crippen molar-refractivity contribution in [1.29, 1.82) is 0 Å². The molecule has 0 spiro atoms. The number of aromatic nitrogens is 2. The smallest absolute Gasteiger partial charge is 0.272 e. The third kappa shape index (κ3) is 3.23. The molecule has 0 aliphatic rings. The Kier molecular flexibility index (Phi) is 4.26. The number of carbonyl (C=O) groups is 1. The number of hydrazone groups is 1. The number of H-pyrrole nitrogens is 1. The second-order valence-electron chi connectivity index (χ2n) is 5.80. The minimum absolute atomic E-state index is 0.337. The highest BCUT2D eigenvalue weighted by Gasteiger charge is 2.12. The van der Waals surface area contributed by atoms with Crippen LogP contribution in [-0.4, -0.2) is 22.3 Å². The van der Waals surface area contributed by atoms with E-state index in [-0.39, 0.29) is 5.91 Å². The van der Waals surface area contributed by atoms with Crippen molar-refractivity contribution in [3.63, 3.8) is 0 Å². The van der Waals surface area contributed by atoms with Crippen molar-refractivity contribution in [3.8, 4) is 11.3 Å². The average molecular weight is 340 g/mol. The molecule has 0 saturated heterocycles. The summed E-state index contributed by atoms with van der Waals surface area (Å²) in [6, 6.07) is 25.4. The minimum Gasteiger partial charge on any atom is -0.272 e. The molecule has 0 radical (unpaired) electrons. The van der Waals surface area contributed by atoms with Gasteiger partial charge in [0.05, 0.1) is 11.9 Å². The summed E-state index contributed by atoms with van der Waals surface area (Å²) in [5.41, 5.74) is 5.48. The third-order valence-electron chi connectivity index (χ3n) is 4.07. The van der Waals surface area contributed by atoms with E-state index < -0.39 is 0 Å². The number of benzene rings is 3. The van der Waals surface area contributed by atoms with Gasteiger partial charge in [-0.1, -0.05) is 72.8 Å². The SMILES string of the molecule is O=C(N/N=C/c1ccccc1)c1cc(-c2cccc3ccccc23)n[nH]1. The summed E-state index contributed by atoms with van der Waals surface area (Å²) in [5, 5.41) is 13.3. The molecule has 5 heteroatoms. The van der Waals surface area contributed by atoms with Crippen LogP contribution in [0.5, 0.6) is 0 Å². The molecule has 0 atom stereocenters. The molecule has 0 aliphatic carbocycles. The minimum atomic E-state index is -0.337. The molecular formula is C21H16N4O. The lowest BCUT2D eigenvalue weighted by Gasteiger charge is -2.02. The van der Waals surface area contributed by atoms with Gasteiger partial charge in [0, 0.05) is 5.56 Å². The summed E-state index contributed by atoms with van der Waals surface area (Å²) in [7, 11) is 0. The van der Waals surface area contributed by atoms with Gasteiger partial charge >= 0.3 is 0 Å². The summed E-state index contributed by atoms with van der Waals surface area (Å²) in [5.74, 6) is -0.337. The molecule has 5 nitrogen and oxygen atoms in total. The van der Waals surface area contributed by atoms with Crippen LogP contribution in [0, 0.1) is 0 Å². The highest BCUT2D eigenvalue weighted by molar-refractivity contribution is 5.98. The van der Waals surface area contributed by atoms with Crippen molar-refractivity contribution in [2.24, 2.45) is 5.10 Å². The molecule has 0 fully saturated rings. The van der Waals surface area contributed by atoms with Crippen molar-refractivity contribution >= 4 is 22.9 Å². The number of fused-ring (bicyclic) bond motifs is 1. The number of amides is 1. The highest BCUT2D eigenvalue weighted by atomic mass is 16.2. The fraction of sp³-hybridized carbons (Fsp3) is 0. The Bertz CT molecular complexity index is 1080. The van der Waals surface area contributed by atoms with Gasteiger partial charge in [0.2, 0.25) is 0 Å². The van der Waals surface area contributed by atoms with E-state index in [0.717, 1.165) is 27.6 Å². The molecule has 26 heavy (non-hydrogen) atoms. The zero-order valence-corrected chi connectivity index (χ0v) is 13.9. The summed E-state index contributed by atoms with van der Waals surface area (Å²) in [4.78, 5) is 12.2. The number of aromatic amines is 1. The Labute approximate surface area is 150 Å². The third-order valence-corrected chi connectivity index (χ3v) is 4.07. The van der Waals surface area contributed by atoms with Crippen LogP contribution in [-0.2, 0) is 0 Å². The van der Waals surface area contributed by atoms with Gasteiger partial charge in [0.15, 0.2) is 0 Å². The normalized spacial score (nSPS) is 11.1. The molecule has 126 valence electrons. The summed E-state index contributed by atoms with van der Waals surface area (Å²) >= 11 is 0. The number of nitrogens with zero attached hydrogens (tertiary/aromatic N) is 2. The van der Waals surface area contributed by atoms with Gasteiger partial charge in [-0.2, -0.15) is 10.2 Å². The van der Waals surface area contributed by atoms with E-state index in [0.29, 0.717) is 5.69 Å².